The molecular formula is C18H13F3N2O2. The molecule has 0 unspecified atom stereocenters. The Morgan fingerprint density at radius 2 is 1.88 bits per heavy atom. The summed E-state index contributed by atoms with van der Waals surface area (Å²) in [4.78, 5) is 16.3. The first-order valence-corrected chi connectivity index (χ1v) is 7.38. The van der Waals surface area contributed by atoms with Crippen molar-refractivity contribution in [2.45, 2.75) is 12.7 Å². The zero-order chi connectivity index (χ0) is 17.9. The standard InChI is InChI=1S/C18H13F3N2O2/c19-18(20,21)14-5-3-13(4-6-14)17(24)23-11-12-7-8-22-15(10-12)16-2-1-9-25-16/h1-10H,11H2,(H,23,24). The van der Waals surface area contributed by atoms with Gasteiger partial charge in [0.1, 0.15) is 5.69 Å². The molecule has 0 radical (unpaired) electrons. The summed E-state index contributed by atoms with van der Waals surface area (Å²) in [5.41, 5.74) is 0.794. The number of halogens is 3. The molecule has 0 aliphatic carbocycles. The molecule has 2 aromatic heterocycles. The van der Waals surface area contributed by atoms with E-state index in [2.05, 4.69) is 10.3 Å². The van der Waals surface area contributed by atoms with E-state index in [1.54, 1.807) is 30.5 Å². The second-order valence-corrected chi connectivity index (χ2v) is 5.28. The highest BCUT2D eigenvalue weighted by Gasteiger charge is 2.30. The van der Waals surface area contributed by atoms with Crippen LogP contribution < -0.4 is 5.32 Å². The fourth-order valence-corrected chi connectivity index (χ4v) is 2.24. The number of aromatic nitrogens is 1. The largest absolute Gasteiger partial charge is 0.463 e. The van der Waals surface area contributed by atoms with E-state index < -0.39 is 17.6 Å². The van der Waals surface area contributed by atoms with Crippen LogP contribution in [-0.4, -0.2) is 10.9 Å². The van der Waals surface area contributed by atoms with Crippen molar-refractivity contribution in [2.75, 3.05) is 0 Å². The van der Waals surface area contributed by atoms with Gasteiger partial charge >= 0.3 is 6.18 Å². The monoisotopic (exact) mass is 346 g/mol. The van der Waals surface area contributed by atoms with Crippen molar-refractivity contribution in [3.63, 3.8) is 0 Å². The normalized spacial score (nSPS) is 11.3. The number of furan rings is 1. The molecule has 0 bridgehead atoms. The number of nitrogens with one attached hydrogen (secondary N) is 1. The van der Waals surface area contributed by atoms with Crippen molar-refractivity contribution in [3.8, 4) is 11.5 Å². The van der Waals surface area contributed by atoms with Crippen LogP contribution in [0.15, 0.2) is 65.4 Å². The van der Waals surface area contributed by atoms with Crippen molar-refractivity contribution in [1.29, 1.82) is 0 Å². The van der Waals surface area contributed by atoms with E-state index >= 15 is 0 Å². The van der Waals surface area contributed by atoms with Gasteiger partial charge in [0.25, 0.3) is 5.91 Å². The number of pyridine rings is 1. The first-order chi connectivity index (χ1) is 11.9. The SMILES string of the molecule is O=C(NCc1ccnc(-c2ccco2)c1)c1ccc(C(F)(F)F)cc1. The predicted octanol–water partition coefficient (Wildman–Crippen LogP) is 4.29. The van der Waals surface area contributed by atoms with E-state index in [1.165, 1.54) is 6.26 Å². The number of amides is 1. The van der Waals surface area contributed by atoms with Gasteiger partial charge in [-0.3, -0.25) is 9.78 Å². The summed E-state index contributed by atoms with van der Waals surface area (Å²) in [6.45, 7) is 0.218. The highest BCUT2D eigenvalue weighted by atomic mass is 19.4. The van der Waals surface area contributed by atoms with Gasteiger partial charge in [-0.2, -0.15) is 13.2 Å². The topological polar surface area (TPSA) is 55.1 Å². The van der Waals surface area contributed by atoms with Gasteiger partial charge in [0.2, 0.25) is 0 Å². The number of alkyl halides is 3. The van der Waals surface area contributed by atoms with Gasteiger partial charge in [0.15, 0.2) is 5.76 Å². The maximum absolute atomic E-state index is 12.5. The van der Waals surface area contributed by atoms with E-state index in [0.29, 0.717) is 11.5 Å². The van der Waals surface area contributed by atoms with Crippen molar-refractivity contribution in [3.05, 3.63) is 77.7 Å². The lowest BCUT2D eigenvalue weighted by molar-refractivity contribution is -0.137. The van der Waals surface area contributed by atoms with E-state index in [1.807, 2.05) is 0 Å². The summed E-state index contributed by atoms with van der Waals surface area (Å²) in [5, 5.41) is 2.67. The summed E-state index contributed by atoms with van der Waals surface area (Å²) >= 11 is 0. The first-order valence-electron chi connectivity index (χ1n) is 7.38. The van der Waals surface area contributed by atoms with Crippen molar-refractivity contribution in [1.82, 2.24) is 10.3 Å². The fourth-order valence-electron chi connectivity index (χ4n) is 2.24. The zero-order valence-electron chi connectivity index (χ0n) is 12.9. The average Bonchev–Trinajstić information content (AvgIpc) is 3.14. The Bertz CT molecular complexity index is 857. The fraction of sp³-hybridized carbons (Fsp3) is 0.111. The third-order valence-corrected chi connectivity index (χ3v) is 3.53. The lowest BCUT2D eigenvalue weighted by Crippen LogP contribution is -2.23. The smallest absolute Gasteiger partial charge is 0.416 e. The third-order valence-electron chi connectivity index (χ3n) is 3.53. The predicted molar refractivity (Wildman–Crippen MR) is 84.6 cm³/mol. The molecule has 0 saturated heterocycles. The summed E-state index contributed by atoms with van der Waals surface area (Å²) < 4.78 is 42.9. The van der Waals surface area contributed by atoms with Crippen LogP contribution in [0.4, 0.5) is 13.2 Å². The molecule has 0 fully saturated rings. The summed E-state index contributed by atoms with van der Waals surface area (Å²) in [6, 6.07) is 11.1. The maximum atomic E-state index is 12.5. The second kappa shape index (κ2) is 6.80. The Kier molecular flexibility index (Phi) is 4.56. The van der Waals surface area contributed by atoms with Gasteiger partial charge < -0.3 is 9.73 Å². The molecule has 1 N–H and O–H groups in total. The molecule has 0 atom stereocenters. The maximum Gasteiger partial charge on any atom is 0.416 e. The molecule has 2 heterocycles. The van der Waals surface area contributed by atoms with Gasteiger partial charge in [-0.05, 0) is 54.1 Å². The molecule has 128 valence electrons. The van der Waals surface area contributed by atoms with Crippen LogP contribution in [0.2, 0.25) is 0 Å². The third kappa shape index (κ3) is 4.06. The van der Waals surface area contributed by atoms with Crippen LogP contribution in [0.25, 0.3) is 11.5 Å². The molecule has 7 heteroatoms. The lowest BCUT2D eigenvalue weighted by atomic mass is 10.1. The molecule has 1 amide bonds. The number of carbonyl (C=O) groups is 1. The van der Waals surface area contributed by atoms with Gasteiger partial charge in [0, 0.05) is 18.3 Å². The highest BCUT2D eigenvalue weighted by Crippen LogP contribution is 2.29. The van der Waals surface area contributed by atoms with Gasteiger partial charge in [-0.1, -0.05) is 0 Å². The average molecular weight is 346 g/mol. The molecule has 3 rings (SSSR count). The molecule has 25 heavy (non-hydrogen) atoms. The molecular weight excluding hydrogens is 333 g/mol. The highest BCUT2D eigenvalue weighted by molar-refractivity contribution is 5.94. The van der Waals surface area contributed by atoms with Crippen molar-refractivity contribution < 1.29 is 22.4 Å². The Hall–Kier alpha value is -3.09. The minimum atomic E-state index is -4.42. The van der Waals surface area contributed by atoms with Crippen LogP contribution in [0.3, 0.4) is 0 Å². The van der Waals surface area contributed by atoms with Gasteiger partial charge in [-0.25, -0.2) is 0 Å². The molecule has 4 nitrogen and oxygen atoms in total. The van der Waals surface area contributed by atoms with E-state index in [4.69, 9.17) is 4.42 Å². The number of rotatable bonds is 4. The van der Waals surface area contributed by atoms with Crippen LogP contribution in [0.1, 0.15) is 21.5 Å². The quantitative estimate of drug-likeness (QED) is 0.767. The van der Waals surface area contributed by atoms with Crippen LogP contribution >= 0.6 is 0 Å². The minimum Gasteiger partial charge on any atom is -0.463 e. The van der Waals surface area contributed by atoms with Crippen LogP contribution in [-0.2, 0) is 12.7 Å². The number of hydrogen-bond acceptors (Lipinski definition) is 3. The van der Waals surface area contributed by atoms with Crippen molar-refractivity contribution in [2.24, 2.45) is 0 Å². The van der Waals surface area contributed by atoms with Crippen LogP contribution in [0, 0.1) is 0 Å². The summed E-state index contributed by atoms with van der Waals surface area (Å²) in [6.07, 6.45) is -1.29. The Balaban J connectivity index is 1.65. The Labute approximate surface area is 141 Å². The van der Waals surface area contributed by atoms with Gasteiger partial charge in [-0.15, -0.1) is 0 Å². The van der Waals surface area contributed by atoms with E-state index in [9.17, 15) is 18.0 Å². The molecule has 0 spiro atoms. The second-order valence-electron chi connectivity index (χ2n) is 5.28. The Morgan fingerprint density at radius 1 is 1.12 bits per heavy atom. The van der Waals surface area contributed by atoms with Crippen LogP contribution in [0.5, 0.6) is 0 Å². The molecule has 0 saturated carbocycles. The first kappa shape index (κ1) is 16.8. The molecule has 0 aliphatic heterocycles. The van der Waals surface area contributed by atoms with E-state index in [-0.39, 0.29) is 12.1 Å². The zero-order valence-corrected chi connectivity index (χ0v) is 12.9. The number of benzene rings is 1. The summed E-state index contributed by atoms with van der Waals surface area (Å²) in [5.74, 6) is 0.154. The number of carbonyl (C=O) groups excluding carboxylic acids is 1. The lowest BCUT2D eigenvalue weighted by Gasteiger charge is -2.09. The molecule has 3 aromatic rings. The number of hydrogen-bond donors (Lipinski definition) is 1. The van der Waals surface area contributed by atoms with Crippen molar-refractivity contribution >= 4 is 5.91 Å². The van der Waals surface area contributed by atoms with Gasteiger partial charge in [0.05, 0.1) is 11.8 Å². The molecule has 1 aromatic carbocycles. The van der Waals surface area contributed by atoms with E-state index in [0.717, 1.165) is 29.8 Å². The summed E-state index contributed by atoms with van der Waals surface area (Å²) in [7, 11) is 0. The Morgan fingerprint density at radius 3 is 2.52 bits per heavy atom. The number of nitrogens with zero attached hydrogens (tertiary/aromatic N) is 1. The molecule has 0 aliphatic rings. The minimum absolute atomic E-state index is 0.160.